The standard InChI is InChI=1S/C21H16FN3O4S3/c22-16-8-6-14(7-9-16)19-15(13-25(23-19)17-4-2-1-3-5-17)12-18-20(26)24(21(30)31-18)10-11-32(27,28)29/h1-9,12-13H,10-11H2,(H,27,28,29)/b18-12-. The van der Waals surface area contributed by atoms with Crippen molar-refractivity contribution < 1.29 is 22.2 Å². The maximum atomic E-state index is 13.4. The maximum absolute atomic E-state index is 13.4. The molecule has 11 heteroatoms. The Morgan fingerprint density at radius 2 is 1.81 bits per heavy atom. The average Bonchev–Trinajstić information content (AvgIpc) is 3.28. The molecule has 1 N–H and O–H groups in total. The zero-order valence-electron chi connectivity index (χ0n) is 16.4. The van der Waals surface area contributed by atoms with Gasteiger partial charge in [0, 0.05) is 23.9 Å². The number of carbonyl (C=O) groups excluding carboxylic acids is 1. The second-order valence-electron chi connectivity index (χ2n) is 6.84. The summed E-state index contributed by atoms with van der Waals surface area (Å²) in [6.07, 6.45) is 3.37. The van der Waals surface area contributed by atoms with Gasteiger partial charge in [0.15, 0.2) is 0 Å². The summed E-state index contributed by atoms with van der Waals surface area (Å²) in [5.74, 6) is -1.45. The summed E-state index contributed by atoms with van der Waals surface area (Å²) >= 11 is 6.24. The fourth-order valence-electron chi connectivity index (χ4n) is 3.08. The number of amides is 1. The molecule has 1 aliphatic heterocycles. The Kier molecular flexibility index (Phi) is 6.24. The lowest BCUT2D eigenvalue weighted by Gasteiger charge is -2.12. The normalized spacial score (nSPS) is 15.7. The Balaban J connectivity index is 1.73. The predicted octanol–water partition coefficient (Wildman–Crippen LogP) is 3.77. The van der Waals surface area contributed by atoms with Crippen LogP contribution in [-0.2, 0) is 14.9 Å². The third-order valence-electron chi connectivity index (χ3n) is 4.61. The molecule has 7 nitrogen and oxygen atoms in total. The fraction of sp³-hybridized carbons (Fsp3) is 0.0952. The summed E-state index contributed by atoms with van der Waals surface area (Å²) in [4.78, 5) is 14.2. The molecule has 0 atom stereocenters. The Bertz CT molecular complexity index is 1320. The highest BCUT2D eigenvalue weighted by Gasteiger charge is 2.33. The summed E-state index contributed by atoms with van der Waals surface area (Å²) in [5.41, 5.74) is 2.61. The summed E-state index contributed by atoms with van der Waals surface area (Å²) in [7, 11) is -4.23. The van der Waals surface area contributed by atoms with E-state index in [2.05, 4.69) is 5.10 Å². The van der Waals surface area contributed by atoms with Gasteiger partial charge < -0.3 is 0 Å². The van der Waals surface area contributed by atoms with E-state index in [0.29, 0.717) is 21.7 Å². The zero-order valence-corrected chi connectivity index (χ0v) is 18.8. The quantitative estimate of drug-likeness (QED) is 0.320. The van der Waals surface area contributed by atoms with Gasteiger partial charge >= 0.3 is 0 Å². The highest BCUT2D eigenvalue weighted by atomic mass is 32.2. The highest BCUT2D eigenvalue weighted by Crippen LogP contribution is 2.34. The molecule has 0 aliphatic carbocycles. The van der Waals surface area contributed by atoms with Gasteiger partial charge in [0.25, 0.3) is 16.0 Å². The smallest absolute Gasteiger partial charge is 0.266 e. The first kappa shape index (κ1) is 22.3. The van der Waals surface area contributed by atoms with Crippen LogP contribution in [0.4, 0.5) is 4.39 Å². The number of thioether (sulfide) groups is 1. The molecule has 0 spiro atoms. The van der Waals surface area contributed by atoms with Crippen LogP contribution in [0, 0.1) is 5.82 Å². The van der Waals surface area contributed by atoms with E-state index >= 15 is 0 Å². The maximum Gasteiger partial charge on any atom is 0.266 e. The second-order valence-corrected chi connectivity index (χ2v) is 10.1. The molecule has 1 saturated heterocycles. The lowest BCUT2D eigenvalue weighted by atomic mass is 10.1. The number of nitrogens with zero attached hydrogens (tertiary/aromatic N) is 3. The van der Waals surface area contributed by atoms with Gasteiger partial charge in [-0.3, -0.25) is 14.2 Å². The van der Waals surface area contributed by atoms with Gasteiger partial charge in [-0.1, -0.05) is 42.2 Å². The van der Waals surface area contributed by atoms with E-state index in [4.69, 9.17) is 16.8 Å². The number of thiocarbonyl (C=S) groups is 1. The molecular formula is C21H16FN3O4S3. The Morgan fingerprint density at radius 3 is 2.47 bits per heavy atom. The molecule has 1 fully saturated rings. The van der Waals surface area contributed by atoms with Crippen molar-refractivity contribution in [2.45, 2.75) is 0 Å². The van der Waals surface area contributed by atoms with E-state index in [1.54, 1.807) is 29.1 Å². The molecule has 0 saturated carbocycles. The number of carbonyl (C=O) groups is 1. The topological polar surface area (TPSA) is 92.5 Å². The molecule has 2 heterocycles. The SMILES string of the molecule is O=C1/C(=C/c2cn(-c3ccccc3)nc2-c2ccc(F)cc2)SC(=S)N1CCS(=O)(=O)O. The van der Waals surface area contributed by atoms with E-state index in [1.165, 1.54) is 12.1 Å². The molecule has 1 amide bonds. The molecular weight excluding hydrogens is 473 g/mol. The third-order valence-corrected chi connectivity index (χ3v) is 6.69. The predicted molar refractivity (Wildman–Crippen MR) is 125 cm³/mol. The molecule has 1 aromatic heterocycles. The van der Waals surface area contributed by atoms with Crippen LogP contribution < -0.4 is 0 Å². The second kappa shape index (κ2) is 8.94. The van der Waals surface area contributed by atoms with Crippen molar-refractivity contribution in [1.29, 1.82) is 0 Å². The molecule has 1 aliphatic rings. The van der Waals surface area contributed by atoms with Gasteiger partial charge in [-0.25, -0.2) is 9.07 Å². The fourth-order valence-corrected chi connectivity index (χ4v) is 4.79. The van der Waals surface area contributed by atoms with Crippen LogP contribution in [0.2, 0.25) is 0 Å². The van der Waals surface area contributed by atoms with Crippen molar-refractivity contribution >= 4 is 50.4 Å². The van der Waals surface area contributed by atoms with Crippen LogP contribution in [0.1, 0.15) is 5.56 Å². The molecule has 4 rings (SSSR count). The number of benzene rings is 2. The van der Waals surface area contributed by atoms with Gasteiger partial charge in [0.05, 0.1) is 22.0 Å². The number of para-hydroxylation sites is 1. The van der Waals surface area contributed by atoms with Crippen molar-refractivity contribution in [3.05, 3.63) is 77.1 Å². The Labute approximate surface area is 193 Å². The molecule has 0 bridgehead atoms. The first-order valence-corrected chi connectivity index (χ1v) is 12.2. The van der Waals surface area contributed by atoms with Gasteiger partial charge in [0.2, 0.25) is 0 Å². The summed E-state index contributed by atoms with van der Waals surface area (Å²) in [5, 5.41) is 4.62. The molecule has 32 heavy (non-hydrogen) atoms. The monoisotopic (exact) mass is 489 g/mol. The van der Waals surface area contributed by atoms with E-state index in [0.717, 1.165) is 22.3 Å². The Morgan fingerprint density at radius 1 is 1.12 bits per heavy atom. The van der Waals surface area contributed by atoms with Crippen LogP contribution in [0.3, 0.4) is 0 Å². The number of aromatic nitrogens is 2. The zero-order chi connectivity index (χ0) is 22.9. The number of halogens is 1. The van der Waals surface area contributed by atoms with Gasteiger partial charge in [-0.05, 0) is 42.5 Å². The van der Waals surface area contributed by atoms with Crippen molar-refractivity contribution in [2.75, 3.05) is 12.3 Å². The number of rotatable bonds is 6. The van der Waals surface area contributed by atoms with E-state index in [-0.39, 0.29) is 16.7 Å². The minimum absolute atomic E-state index is 0.198. The largest absolute Gasteiger partial charge is 0.292 e. The van der Waals surface area contributed by atoms with Gasteiger partial charge in [-0.2, -0.15) is 13.5 Å². The molecule has 2 aromatic carbocycles. The van der Waals surface area contributed by atoms with Crippen LogP contribution in [0.25, 0.3) is 23.0 Å². The molecule has 3 aromatic rings. The molecule has 0 unspecified atom stereocenters. The van der Waals surface area contributed by atoms with Crippen LogP contribution >= 0.6 is 24.0 Å². The lowest BCUT2D eigenvalue weighted by Crippen LogP contribution is -2.32. The van der Waals surface area contributed by atoms with Crippen molar-refractivity contribution in [3.8, 4) is 16.9 Å². The summed E-state index contributed by atoms with van der Waals surface area (Å²) in [6, 6.07) is 15.2. The van der Waals surface area contributed by atoms with Gasteiger partial charge in [-0.15, -0.1) is 0 Å². The minimum atomic E-state index is -4.23. The van der Waals surface area contributed by atoms with E-state index in [9.17, 15) is 17.6 Å². The van der Waals surface area contributed by atoms with Crippen LogP contribution in [0.5, 0.6) is 0 Å². The van der Waals surface area contributed by atoms with Gasteiger partial charge in [0.1, 0.15) is 10.1 Å². The lowest BCUT2D eigenvalue weighted by molar-refractivity contribution is -0.121. The van der Waals surface area contributed by atoms with Crippen molar-refractivity contribution in [3.63, 3.8) is 0 Å². The number of hydrogen-bond acceptors (Lipinski definition) is 6. The van der Waals surface area contributed by atoms with Crippen molar-refractivity contribution in [1.82, 2.24) is 14.7 Å². The summed E-state index contributed by atoms with van der Waals surface area (Å²) < 4.78 is 46.4. The first-order valence-electron chi connectivity index (χ1n) is 9.33. The van der Waals surface area contributed by atoms with Crippen LogP contribution in [-0.4, -0.2) is 50.2 Å². The highest BCUT2D eigenvalue weighted by molar-refractivity contribution is 8.26. The third kappa shape index (κ3) is 4.96. The van der Waals surface area contributed by atoms with Crippen molar-refractivity contribution in [2.24, 2.45) is 0 Å². The minimum Gasteiger partial charge on any atom is -0.292 e. The summed E-state index contributed by atoms with van der Waals surface area (Å²) in [6.45, 7) is -0.241. The average molecular weight is 490 g/mol. The molecule has 0 radical (unpaired) electrons. The van der Waals surface area contributed by atoms with Crippen LogP contribution in [0.15, 0.2) is 65.7 Å². The Hall–Kier alpha value is -2.86. The first-order chi connectivity index (χ1) is 15.2. The van der Waals surface area contributed by atoms with E-state index < -0.39 is 21.8 Å². The number of hydrogen-bond donors (Lipinski definition) is 1. The van der Waals surface area contributed by atoms with E-state index in [1.807, 2.05) is 30.3 Å². The molecule has 164 valence electrons.